The monoisotopic (exact) mass is 523 g/mol. The van der Waals surface area contributed by atoms with E-state index in [0.29, 0.717) is 18.2 Å². The number of halogens is 1. The number of hydrogen-bond donors (Lipinski definition) is 0. The zero-order valence-corrected chi connectivity index (χ0v) is 22.6. The molecule has 1 aliphatic carbocycles. The molecule has 5 atom stereocenters. The van der Waals surface area contributed by atoms with Gasteiger partial charge in [0.1, 0.15) is 11.4 Å². The predicted octanol–water partition coefficient (Wildman–Crippen LogP) is 4.74. The molecule has 204 valence electrons. The van der Waals surface area contributed by atoms with Crippen molar-refractivity contribution in [2.75, 3.05) is 26.3 Å². The van der Waals surface area contributed by atoms with Gasteiger partial charge in [0.15, 0.2) is 5.78 Å². The second kappa shape index (κ2) is 10.8. The number of piperidine rings is 1. The number of fused-ring (bicyclic) bond motifs is 3. The number of nitrogens with zero attached hydrogens (tertiary/aromatic N) is 3. The summed E-state index contributed by atoms with van der Waals surface area (Å²) < 4.78 is 26.4. The molecule has 3 heterocycles. The van der Waals surface area contributed by atoms with Crippen LogP contribution in [-0.4, -0.2) is 71.7 Å². The quantitative estimate of drug-likeness (QED) is 0.536. The van der Waals surface area contributed by atoms with E-state index in [1.165, 1.54) is 0 Å². The molecule has 1 unspecified atom stereocenters. The summed E-state index contributed by atoms with van der Waals surface area (Å²) in [5, 5.41) is 9.84. The number of Topliss-reactive ketones (excluding diaryl/α,β-unsaturated/α-hetero) is 1. The van der Waals surface area contributed by atoms with Gasteiger partial charge in [0.2, 0.25) is 0 Å². The van der Waals surface area contributed by atoms with Crippen LogP contribution in [0.25, 0.3) is 5.57 Å². The van der Waals surface area contributed by atoms with Gasteiger partial charge < -0.3 is 9.47 Å². The molecular formula is C30H38FN3O4. The molecule has 1 amide bonds. The highest BCUT2D eigenvalue weighted by Gasteiger charge is 2.52. The zero-order chi connectivity index (χ0) is 27.0. The van der Waals surface area contributed by atoms with Gasteiger partial charge in [0.05, 0.1) is 31.2 Å². The first-order valence-corrected chi connectivity index (χ1v) is 13.9. The number of hydrogen-bond acceptors (Lipinski definition) is 6. The molecule has 4 aliphatic rings. The largest absolute Gasteiger partial charge is 0.444 e. The molecule has 1 aromatic rings. The van der Waals surface area contributed by atoms with Crippen LogP contribution in [0.1, 0.15) is 64.0 Å². The smallest absolute Gasteiger partial charge is 0.411 e. The average molecular weight is 524 g/mol. The molecule has 0 aromatic heterocycles. The van der Waals surface area contributed by atoms with Crippen molar-refractivity contribution in [3.63, 3.8) is 0 Å². The van der Waals surface area contributed by atoms with E-state index >= 15 is 4.39 Å². The standard InChI is InChI=1S/C30H38FN3O4/c1-30(2,3)38-29(36)34-24-7-6-23(15-24)28(34)27(35)13-19(17-32)12-22-5-4-20(16-26(22)31)21-8-9-33-10-11-37-18-25(33)14-21/h4-5,8,16,19,23-25,28H,6-7,9-15,18H2,1-3H3/t19-,23+,24-,25?,28+/m1/s1. The van der Waals surface area contributed by atoms with Gasteiger partial charge in [-0.2, -0.15) is 5.26 Å². The molecular weight excluding hydrogens is 485 g/mol. The third-order valence-corrected chi connectivity index (χ3v) is 8.42. The Morgan fingerprint density at radius 1 is 1.26 bits per heavy atom. The van der Waals surface area contributed by atoms with Gasteiger partial charge in [0, 0.05) is 31.6 Å². The lowest BCUT2D eigenvalue weighted by Gasteiger charge is -2.38. The number of amides is 1. The van der Waals surface area contributed by atoms with Gasteiger partial charge in [0.25, 0.3) is 0 Å². The van der Waals surface area contributed by atoms with Crippen molar-refractivity contribution < 1.29 is 23.5 Å². The SMILES string of the molecule is CC(C)(C)OC(=O)N1[C@@H]2CC[C@@H](C2)[C@H]1C(=O)C[C@H](C#N)Cc1ccc(C2=CCN3CCOCC3C2)cc1F. The summed E-state index contributed by atoms with van der Waals surface area (Å²) in [7, 11) is 0. The fraction of sp³-hybridized carbons (Fsp3) is 0.633. The minimum absolute atomic E-state index is 0.00641. The van der Waals surface area contributed by atoms with E-state index in [1.54, 1.807) is 17.0 Å². The third-order valence-electron chi connectivity index (χ3n) is 8.42. The summed E-state index contributed by atoms with van der Waals surface area (Å²) in [6.07, 6.45) is 5.24. The van der Waals surface area contributed by atoms with Crippen molar-refractivity contribution in [3.05, 3.63) is 41.2 Å². The maximum Gasteiger partial charge on any atom is 0.411 e. The number of ketones is 1. The molecule has 0 radical (unpaired) electrons. The molecule has 8 heteroatoms. The molecule has 5 rings (SSSR count). The highest BCUT2D eigenvalue weighted by atomic mass is 19.1. The summed E-state index contributed by atoms with van der Waals surface area (Å²) >= 11 is 0. The molecule has 7 nitrogen and oxygen atoms in total. The average Bonchev–Trinajstić information content (AvgIpc) is 3.50. The van der Waals surface area contributed by atoms with E-state index in [-0.39, 0.29) is 36.4 Å². The predicted molar refractivity (Wildman–Crippen MR) is 141 cm³/mol. The van der Waals surface area contributed by atoms with Gasteiger partial charge in [-0.3, -0.25) is 14.6 Å². The first kappa shape index (κ1) is 26.8. The van der Waals surface area contributed by atoms with Crippen LogP contribution in [0, 0.1) is 29.0 Å². The summed E-state index contributed by atoms with van der Waals surface area (Å²) in [6.45, 7) is 8.65. The fourth-order valence-electron chi connectivity index (χ4n) is 6.60. The van der Waals surface area contributed by atoms with Crippen molar-refractivity contribution in [3.8, 4) is 6.07 Å². The molecule has 2 bridgehead atoms. The minimum atomic E-state index is -0.663. The van der Waals surface area contributed by atoms with Crippen molar-refractivity contribution in [2.45, 2.75) is 83.0 Å². The number of morpholine rings is 1. The van der Waals surface area contributed by atoms with Crippen molar-refractivity contribution in [2.24, 2.45) is 11.8 Å². The Morgan fingerprint density at radius 2 is 2.08 bits per heavy atom. The number of carbonyl (C=O) groups excluding carboxylic acids is 2. The van der Waals surface area contributed by atoms with Crippen molar-refractivity contribution >= 4 is 17.4 Å². The minimum Gasteiger partial charge on any atom is -0.444 e. The second-order valence-electron chi connectivity index (χ2n) is 12.2. The number of ether oxygens (including phenoxy) is 2. The molecule has 1 saturated carbocycles. The lowest BCUT2D eigenvalue weighted by Crippen LogP contribution is -2.51. The summed E-state index contributed by atoms with van der Waals surface area (Å²) in [5.41, 5.74) is 1.76. The van der Waals surface area contributed by atoms with Crippen LogP contribution >= 0.6 is 0 Å². The van der Waals surface area contributed by atoms with Gasteiger partial charge >= 0.3 is 6.09 Å². The van der Waals surface area contributed by atoms with Gasteiger partial charge in [-0.25, -0.2) is 9.18 Å². The molecule has 3 aliphatic heterocycles. The molecule has 0 N–H and O–H groups in total. The summed E-state index contributed by atoms with van der Waals surface area (Å²) in [5.74, 6) is -1.04. The topological polar surface area (TPSA) is 82.9 Å². The number of benzene rings is 1. The maximum atomic E-state index is 15.2. The van der Waals surface area contributed by atoms with Gasteiger partial charge in [-0.05, 0) is 81.6 Å². The lowest BCUT2D eigenvalue weighted by atomic mass is 9.87. The van der Waals surface area contributed by atoms with Crippen LogP contribution in [0.3, 0.4) is 0 Å². The van der Waals surface area contributed by atoms with E-state index in [1.807, 2.05) is 26.8 Å². The van der Waals surface area contributed by atoms with Crippen molar-refractivity contribution in [1.29, 1.82) is 5.26 Å². The first-order valence-electron chi connectivity index (χ1n) is 13.9. The van der Waals surface area contributed by atoms with Gasteiger partial charge in [-0.1, -0.05) is 18.2 Å². The molecule has 0 spiro atoms. The van der Waals surface area contributed by atoms with Crippen LogP contribution in [0.5, 0.6) is 0 Å². The Bertz CT molecular complexity index is 1150. The number of nitriles is 1. The zero-order valence-electron chi connectivity index (χ0n) is 22.6. The molecule has 2 saturated heterocycles. The van der Waals surface area contributed by atoms with Crippen LogP contribution < -0.4 is 0 Å². The summed E-state index contributed by atoms with van der Waals surface area (Å²) in [6, 6.07) is 7.20. The Labute approximate surface area is 224 Å². The van der Waals surface area contributed by atoms with Crippen LogP contribution in [0.15, 0.2) is 24.3 Å². The van der Waals surface area contributed by atoms with Crippen LogP contribution in [0.4, 0.5) is 9.18 Å². The van der Waals surface area contributed by atoms with Crippen molar-refractivity contribution in [1.82, 2.24) is 9.80 Å². The first-order chi connectivity index (χ1) is 18.1. The Kier molecular flexibility index (Phi) is 7.61. The highest BCUT2D eigenvalue weighted by molar-refractivity contribution is 5.89. The number of carbonyl (C=O) groups is 2. The third kappa shape index (κ3) is 5.64. The van der Waals surface area contributed by atoms with Gasteiger partial charge in [-0.15, -0.1) is 0 Å². The van der Waals surface area contributed by atoms with E-state index in [2.05, 4.69) is 17.0 Å². The number of likely N-dealkylation sites (tertiary alicyclic amines) is 1. The van der Waals surface area contributed by atoms with E-state index in [0.717, 1.165) is 56.5 Å². The highest BCUT2D eigenvalue weighted by Crippen LogP contribution is 2.44. The maximum absolute atomic E-state index is 15.2. The molecule has 1 aromatic carbocycles. The lowest BCUT2D eigenvalue weighted by molar-refractivity contribution is -0.126. The Morgan fingerprint density at radius 3 is 2.82 bits per heavy atom. The fourth-order valence-corrected chi connectivity index (χ4v) is 6.60. The molecule has 3 fully saturated rings. The van der Waals surface area contributed by atoms with E-state index in [9.17, 15) is 14.9 Å². The number of rotatable bonds is 6. The van der Waals surface area contributed by atoms with Crippen LogP contribution in [-0.2, 0) is 20.7 Å². The van der Waals surface area contributed by atoms with E-state index in [4.69, 9.17) is 9.47 Å². The van der Waals surface area contributed by atoms with Crippen LogP contribution in [0.2, 0.25) is 0 Å². The second-order valence-corrected chi connectivity index (χ2v) is 12.2. The molecule has 38 heavy (non-hydrogen) atoms. The Hall–Kier alpha value is -2.76. The van der Waals surface area contributed by atoms with E-state index < -0.39 is 23.7 Å². The summed E-state index contributed by atoms with van der Waals surface area (Å²) in [4.78, 5) is 30.3. The normalized spacial score (nSPS) is 27.9. The Balaban J connectivity index is 1.24.